The zero-order chi connectivity index (χ0) is 22.2. The van der Waals surface area contributed by atoms with Crippen molar-refractivity contribution in [1.82, 2.24) is 0 Å². The number of hydrogen-bond donors (Lipinski definition) is 1. The zero-order valence-electron chi connectivity index (χ0n) is 20.7. The van der Waals surface area contributed by atoms with Gasteiger partial charge in [0.1, 0.15) is 6.10 Å². The summed E-state index contributed by atoms with van der Waals surface area (Å²) >= 11 is 0. The van der Waals surface area contributed by atoms with E-state index in [1.165, 1.54) is 82.6 Å². The van der Waals surface area contributed by atoms with E-state index in [9.17, 15) is 5.26 Å². The summed E-state index contributed by atoms with van der Waals surface area (Å²) in [5.74, 6) is 4.88. The Balaban J connectivity index is 0.00000132. The van der Waals surface area contributed by atoms with E-state index in [1.807, 2.05) is 13.8 Å². The van der Waals surface area contributed by atoms with Gasteiger partial charge in [-0.1, -0.05) is 77.6 Å². The quantitative estimate of drug-likeness (QED) is 0.374. The first-order valence-corrected chi connectivity index (χ1v) is 13.5. The molecular weight excluding hydrogens is 380 g/mol. The molecule has 1 atom stereocenters. The van der Waals surface area contributed by atoms with Gasteiger partial charge in [-0.3, -0.25) is 5.26 Å². The third-order valence-electron chi connectivity index (χ3n) is 8.84. The molecule has 3 aliphatic carbocycles. The minimum atomic E-state index is -0.150. The van der Waals surface area contributed by atoms with Crippen molar-refractivity contribution >= 4 is 0 Å². The Morgan fingerprint density at radius 2 is 1.13 bits per heavy atom. The fourth-order valence-electron chi connectivity index (χ4n) is 6.65. The van der Waals surface area contributed by atoms with Crippen LogP contribution in [0.5, 0.6) is 0 Å². The standard InChI is InChI=1S/C27H42O2.C2H6/c1-19-3-7-21(8-4-19)23-11-15-25(16-12-23)27(29-28)26-17-13-24(14-18-26)22-9-5-20(2)6-10-22;1-2/h11-12,15-16,19-22,24,26-28H,3-10,13-14,17-18H2,1-2H3;1-2H3. The molecule has 0 amide bonds. The molecule has 3 saturated carbocycles. The molecule has 0 spiro atoms. The van der Waals surface area contributed by atoms with Crippen LogP contribution in [0.1, 0.15) is 128 Å². The van der Waals surface area contributed by atoms with Gasteiger partial charge in [0.25, 0.3) is 0 Å². The Hall–Kier alpha value is -0.860. The summed E-state index contributed by atoms with van der Waals surface area (Å²) in [7, 11) is 0. The lowest BCUT2D eigenvalue weighted by molar-refractivity contribution is -0.296. The summed E-state index contributed by atoms with van der Waals surface area (Å²) in [6, 6.07) is 9.05. The predicted molar refractivity (Wildman–Crippen MR) is 131 cm³/mol. The summed E-state index contributed by atoms with van der Waals surface area (Å²) in [4.78, 5) is 5.07. The van der Waals surface area contributed by atoms with Gasteiger partial charge in [-0.25, -0.2) is 4.89 Å². The summed E-state index contributed by atoms with van der Waals surface area (Å²) in [6.07, 6.45) is 16.0. The van der Waals surface area contributed by atoms with Gasteiger partial charge in [-0.15, -0.1) is 0 Å². The summed E-state index contributed by atoms with van der Waals surface area (Å²) in [5, 5.41) is 9.72. The number of benzene rings is 1. The maximum absolute atomic E-state index is 9.72. The zero-order valence-corrected chi connectivity index (χ0v) is 20.7. The first-order chi connectivity index (χ1) is 15.1. The molecular formula is C29H48O2. The van der Waals surface area contributed by atoms with Gasteiger partial charge in [-0.05, 0) is 98.0 Å². The second-order valence-corrected chi connectivity index (χ2v) is 10.8. The molecule has 3 fully saturated rings. The Bertz CT molecular complexity index is 600. The lowest BCUT2D eigenvalue weighted by Crippen LogP contribution is -2.28. The van der Waals surface area contributed by atoms with Crippen molar-refractivity contribution in [2.75, 3.05) is 0 Å². The fourth-order valence-corrected chi connectivity index (χ4v) is 6.65. The molecule has 31 heavy (non-hydrogen) atoms. The van der Waals surface area contributed by atoms with E-state index in [1.54, 1.807) is 0 Å². The molecule has 0 radical (unpaired) electrons. The van der Waals surface area contributed by atoms with Crippen molar-refractivity contribution in [3.8, 4) is 0 Å². The Kier molecular flexibility index (Phi) is 9.91. The van der Waals surface area contributed by atoms with Gasteiger partial charge in [0.15, 0.2) is 0 Å². The van der Waals surface area contributed by atoms with Gasteiger partial charge in [0.05, 0.1) is 0 Å². The molecule has 0 saturated heterocycles. The van der Waals surface area contributed by atoms with E-state index in [0.29, 0.717) is 5.92 Å². The van der Waals surface area contributed by atoms with Crippen LogP contribution < -0.4 is 0 Å². The SMILES string of the molecule is CC.CC1CCC(c2ccc(C(OO)C3CCC(C4CCC(C)CC4)CC3)cc2)CC1. The van der Waals surface area contributed by atoms with Crippen LogP contribution in [-0.2, 0) is 4.89 Å². The van der Waals surface area contributed by atoms with Crippen molar-refractivity contribution in [1.29, 1.82) is 0 Å². The van der Waals surface area contributed by atoms with Crippen molar-refractivity contribution < 1.29 is 10.1 Å². The third-order valence-corrected chi connectivity index (χ3v) is 8.84. The highest BCUT2D eigenvalue weighted by Gasteiger charge is 2.34. The van der Waals surface area contributed by atoms with Crippen LogP contribution in [0.4, 0.5) is 0 Å². The van der Waals surface area contributed by atoms with Gasteiger partial charge in [0.2, 0.25) is 0 Å². The Morgan fingerprint density at radius 3 is 1.61 bits per heavy atom. The molecule has 0 bridgehead atoms. The van der Waals surface area contributed by atoms with E-state index in [2.05, 4.69) is 38.1 Å². The van der Waals surface area contributed by atoms with Crippen molar-refractivity contribution in [3.05, 3.63) is 35.4 Å². The van der Waals surface area contributed by atoms with Gasteiger partial charge in [-0.2, -0.15) is 0 Å². The molecule has 4 rings (SSSR count). The topological polar surface area (TPSA) is 29.5 Å². The predicted octanol–water partition coefficient (Wildman–Crippen LogP) is 9.17. The lowest BCUT2D eigenvalue weighted by atomic mass is 9.68. The molecule has 0 aliphatic heterocycles. The average Bonchev–Trinajstić information content (AvgIpc) is 2.83. The van der Waals surface area contributed by atoms with Crippen molar-refractivity contribution in [2.45, 2.75) is 117 Å². The smallest absolute Gasteiger partial charge is 0.120 e. The molecule has 1 aromatic carbocycles. The molecule has 1 unspecified atom stereocenters. The molecule has 0 heterocycles. The number of rotatable bonds is 5. The van der Waals surface area contributed by atoms with Gasteiger partial charge < -0.3 is 0 Å². The van der Waals surface area contributed by atoms with Crippen LogP contribution in [0, 0.1) is 29.6 Å². The van der Waals surface area contributed by atoms with E-state index < -0.39 is 0 Å². The van der Waals surface area contributed by atoms with Crippen LogP contribution in [0.2, 0.25) is 0 Å². The molecule has 1 aromatic rings. The second-order valence-electron chi connectivity index (χ2n) is 10.8. The molecule has 176 valence electrons. The molecule has 0 aromatic heterocycles. The van der Waals surface area contributed by atoms with E-state index in [0.717, 1.165) is 35.2 Å². The largest absolute Gasteiger partial charge is 0.251 e. The highest BCUT2D eigenvalue weighted by atomic mass is 17.1. The minimum Gasteiger partial charge on any atom is -0.251 e. The minimum absolute atomic E-state index is 0.150. The van der Waals surface area contributed by atoms with E-state index in [-0.39, 0.29) is 6.10 Å². The second kappa shape index (κ2) is 12.4. The molecule has 2 heteroatoms. The lowest BCUT2D eigenvalue weighted by Gasteiger charge is -2.38. The van der Waals surface area contributed by atoms with Crippen LogP contribution >= 0.6 is 0 Å². The Morgan fingerprint density at radius 1 is 0.677 bits per heavy atom. The maximum atomic E-state index is 9.72. The van der Waals surface area contributed by atoms with Crippen molar-refractivity contribution in [2.24, 2.45) is 29.6 Å². The summed E-state index contributed by atoms with van der Waals surface area (Å²) < 4.78 is 0. The van der Waals surface area contributed by atoms with Crippen LogP contribution in [-0.4, -0.2) is 5.26 Å². The van der Waals surface area contributed by atoms with E-state index in [4.69, 9.17) is 4.89 Å². The van der Waals surface area contributed by atoms with Gasteiger partial charge >= 0.3 is 0 Å². The first kappa shape index (κ1) is 24.8. The van der Waals surface area contributed by atoms with Crippen LogP contribution in [0.15, 0.2) is 24.3 Å². The van der Waals surface area contributed by atoms with Gasteiger partial charge in [0, 0.05) is 0 Å². The van der Waals surface area contributed by atoms with Crippen LogP contribution in [0.3, 0.4) is 0 Å². The van der Waals surface area contributed by atoms with E-state index >= 15 is 0 Å². The molecule has 1 N–H and O–H groups in total. The Labute approximate surface area is 192 Å². The molecule has 2 nitrogen and oxygen atoms in total. The molecule has 3 aliphatic rings. The maximum Gasteiger partial charge on any atom is 0.120 e. The third kappa shape index (κ3) is 6.57. The summed E-state index contributed by atoms with van der Waals surface area (Å²) in [5.41, 5.74) is 2.64. The average molecular weight is 429 g/mol. The highest BCUT2D eigenvalue weighted by molar-refractivity contribution is 5.27. The van der Waals surface area contributed by atoms with Crippen molar-refractivity contribution in [3.63, 3.8) is 0 Å². The first-order valence-electron chi connectivity index (χ1n) is 13.5. The van der Waals surface area contributed by atoms with Crippen LogP contribution in [0.25, 0.3) is 0 Å². The normalized spacial score (nSPS) is 35.0. The monoisotopic (exact) mass is 428 g/mol. The number of hydrogen-bond acceptors (Lipinski definition) is 2. The fraction of sp³-hybridized carbons (Fsp3) is 0.793. The summed E-state index contributed by atoms with van der Waals surface area (Å²) in [6.45, 7) is 8.79. The highest BCUT2D eigenvalue weighted by Crippen LogP contribution is 2.45.